The first-order chi connectivity index (χ1) is 8.66. The number of hydrogen-bond donors (Lipinski definition) is 1. The van der Waals surface area contributed by atoms with Gasteiger partial charge >= 0.3 is 0 Å². The maximum absolute atomic E-state index is 12.1. The average molecular weight is 314 g/mol. The van der Waals surface area contributed by atoms with Crippen molar-refractivity contribution in [2.75, 3.05) is 31.1 Å². The number of nitrogens with zero attached hydrogens (tertiary/aromatic N) is 1. The summed E-state index contributed by atoms with van der Waals surface area (Å²) in [7, 11) is -6.81. The number of rotatable bonds is 6. The summed E-state index contributed by atoms with van der Waals surface area (Å²) < 4.78 is 55.7. The Morgan fingerprint density at radius 3 is 2.16 bits per heavy atom. The van der Waals surface area contributed by atoms with Gasteiger partial charge in [0, 0.05) is 19.6 Å². The van der Waals surface area contributed by atoms with Crippen LogP contribution in [0.1, 0.15) is 20.8 Å². The molecular weight excluding hydrogens is 292 g/mol. The largest absolute Gasteiger partial charge is 0.373 e. The van der Waals surface area contributed by atoms with E-state index in [1.165, 1.54) is 11.2 Å². The van der Waals surface area contributed by atoms with Crippen LogP contribution in [-0.4, -0.2) is 64.5 Å². The van der Waals surface area contributed by atoms with E-state index in [-0.39, 0.29) is 30.3 Å². The van der Waals surface area contributed by atoms with E-state index >= 15 is 0 Å². The highest BCUT2D eigenvalue weighted by Crippen LogP contribution is 2.14. The van der Waals surface area contributed by atoms with Crippen LogP contribution in [0.4, 0.5) is 0 Å². The summed E-state index contributed by atoms with van der Waals surface area (Å²) in [6.45, 7) is 5.66. The van der Waals surface area contributed by atoms with Crippen molar-refractivity contribution in [1.29, 1.82) is 0 Å². The molecule has 0 saturated carbocycles. The fourth-order valence-corrected chi connectivity index (χ4v) is 4.15. The van der Waals surface area contributed by atoms with Crippen LogP contribution in [0.5, 0.6) is 0 Å². The molecule has 114 valence electrons. The molecule has 1 aliphatic heterocycles. The topological polar surface area (TPSA) is 92.8 Å². The van der Waals surface area contributed by atoms with Crippen molar-refractivity contribution in [2.45, 2.75) is 33.0 Å². The number of sulfonamides is 2. The zero-order valence-corrected chi connectivity index (χ0v) is 13.1. The third kappa shape index (κ3) is 5.35. The summed E-state index contributed by atoms with van der Waals surface area (Å²) in [5, 5.41) is 0. The van der Waals surface area contributed by atoms with Crippen molar-refractivity contribution >= 4 is 20.0 Å². The Hall–Kier alpha value is -0.220. The van der Waals surface area contributed by atoms with E-state index < -0.39 is 20.0 Å². The molecule has 0 aromatic heterocycles. The minimum Gasteiger partial charge on any atom is -0.373 e. The lowest BCUT2D eigenvalue weighted by Gasteiger charge is -2.34. The molecule has 1 saturated heterocycles. The molecule has 0 amide bonds. The molecule has 1 aliphatic rings. The number of morpholine rings is 1. The van der Waals surface area contributed by atoms with E-state index in [0.717, 1.165) is 0 Å². The number of nitrogens with one attached hydrogen (secondary N) is 1. The van der Waals surface area contributed by atoms with Crippen LogP contribution < -0.4 is 4.72 Å². The second-order valence-corrected chi connectivity index (χ2v) is 8.87. The molecular formula is C10H22N2O5S2. The van der Waals surface area contributed by atoms with Gasteiger partial charge in [0.05, 0.1) is 23.7 Å². The van der Waals surface area contributed by atoms with Gasteiger partial charge in [-0.2, -0.15) is 4.31 Å². The Kier molecular flexibility index (Phi) is 5.75. The van der Waals surface area contributed by atoms with Gasteiger partial charge in [0.1, 0.15) is 0 Å². The van der Waals surface area contributed by atoms with Gasteiger partial charge in [0.2, 0.25) is 20.0 Å². The lowest BCUT2D eigenvalue weighted by atomic mass is 10.3. The van der Waals surface area contributed by atoms with Gasteiger partial charge in [-0.05, 0) is 20.8 Å². The van der Waals surface area contributed by atoms with Gasteiger partial charge in [-0.3, -0.25) is 0 Å². The average Bonchev–Trinajstić information content (AvgIpc) is 2.27. The van der Waals surface area contributed by atoms with Crippen LogP contribution in [0.15, 0.2) is 0 Å². The fraction of sp³-hybridized carbons (Fsp3) is 1.00. The van der Waals surface area contributed by atoms with Crippen LogP contribution in [0.3, 0.4) is 0 Å². The fourth-order valence-electron chi connectivity index (χ4n) is 1.92. The molecule has 0 radical (unpaired) electrons. The smallest absolute Gasteiger partial charge is 0.215 e. The number of ether oxygens (including phenoxy) is 1. The van der Waals surface area contributed by atoms with Gasteiger partial charge in [0.15, 0.2) is 0 Å². The summed E-state index contributed by atoms with van der Waals surface area (Å²) in [6, 6.07) is 0. The van der Waals surface area contributed by atoms with Crippen LogP contribution in [-0.2, 0) is 24.8 Å². The monoisotopic (exact) mass is 314 g/mol. The van der Waals surface area contributed by atoms with Gasteiger partial charge in [0.25, 0.3) is 0 Å². The lowest BCUT2D eigenvalue weighted by molar-refractivity contribution is -0.0440. The van der Waals surface area contributed by atoms with Gasteiger partial charge < -0.3 is 4.74 Å². The molecule has 0 aromatic rings. The first kappa shape index (κ1) is 16.8. The van der Waals surface area contributed by atoms with Gasteiger partial charge in [-0.1, -0.05) is 0 Å². The van der Waals surface area contributed by atoms with Crippen molar-refractivity contribution in [3.8, 4) is 0 Å². The van der Waals surface area contributed by atoms with Crippen molar-refractivity contribution < 1.29 is 21.6 Å². The molecule has 19 heavy (non-hydrogen) atoms. The quantitative estimate of drug-likeness (QED) is 0.704. The van der Waals surface area contributed by atoms with E-state index in [0.29, 0.717) is 13.1 Å². The molecule has 7 nitrogen and oxygen atoms in total. The normalized spacial score (nSPS) is 26.5. The summed E-state index contributed by atoms with van der Waals surface area (Å²) in [6.07, 6.45) is -0.295. The molecule has 2 unspecified atom stereocenters. The zero-order chi connectivity index (χ0) is 14.7. The third-order valence-corrected chi connectivity index (χ3v) is 6.05. The van der Waals surface area contributed by atoms with E-state index in [9.17, 15) is 16.8 Å². The first-order valence-electron chi connectivity index (χ1n) is 6.27. The van der Waals surface area contributed by atoms with Crippen LogP contribution in [0.2, 0.25) is 0 Å². The molecule has 1 heterocycles. The predicted octanol–water partition coefficient (Wildman–Crippen LogP) is -0.635. The second-order valence-electron chi connectivity index (χ2n) is 4.69. The van der Waals surface area contributed by atoms with E-state index in [4.69, 9.17) is 4.74 Å². The Morgan fingerprint density at radius 1 is 1.16 bits per heavy atom. The lowest BCUT2D eigenvalue weighted by Crippen LogP contribution is -2.49. The molecule has 0 aliphatic carbocycles. The van der Waals surface area contributed by atoms with Crippen LogP contribution >= 0.6 is 0 Å². The standard InChI is InChI=1S/C10H22N2O5S2/c1-4-18(13,14)11-5-6-19(15,16)12-7-9(2)17-10(3)8-12/h9-11H,4-8H2,1-3H3. The minimum atomic E-state index is -3.45. The van der Waals surface area contributed by atoms with Crippen molar-refractivity contribution in [3.05, 3.63) is 0 Å². The Morgan fingerprint density at radius 2 is 1.68 bits per heavy atom. The summed E-state index contributed by atoms with van der Waals surface area (Å²) in [4.78, 5) is 0. The highest BCUT2D eigenvalue weighted by molar-refractivity contribution is 7.90. The summed E-state index contributed by atoms with van der Waals surface area (Å²) in [5.41, 5.74) is 0. The van der Waals surface area contributed by atoms with Crippen molar-refractivity contribution in [2.24, 2.45) is 0 Å². The minimum absolute atomic E-state index is 0.0569. The molecule has 0 aromatic carbocycles. The summed E-state index contributed by atoms with van der Waals surface area (Å²) in [5.74, 6) is -0.287. The maximum Gasteiger partial charge on any atom is 0.215 e. The van der Waals surface area contributed by atoms with Gasteiger partial charge in [-0.25, -0.2) is 21.6 Å². The van der Waals surface area contributed by atoms with E-state index in [1.807, 2.05) is 13.8 Å². The highest BCUT2D eigenvalue weighted by atomic mass is 32.2. The Bertz CT molecular complexity index is 478. The van der Waals surface area contributed by atoms with E-state index in [1.54, 1.807) is 0 Å². The Labute approximate surface area is 115 Å². The Balaban J connectivity index is 2.56. The molecule has 9 heteroatoms. The van der Waals surface area contributed by atoms with E-state index in [2.05, 4.69) is 4.72 Å². The maximum atomic E-state index is 12.1. The van der Waals surface area contributed by atoms with Crippen molar-refractivity contribution in [3.63, 3.8) is 0 Å². The molecule has 2 atom stereocenters. The van der Waals surface area contributed by atoms with Gasteiger partial charge in [-0.15, -0.1) is 0 Å². The zero-order valence-electron chi connectivity index (χ0n) is 11.5. The summed E-state index contributed by atoms with van der Waals surface area (Å²) >= 11 is 0. The van der Waals surface area contributed by atoms with Crippen LogP contribution in [0.25, 0.3) is 0 Å². The first-order valence-corrected chi connectivity index (χ1v) is 9.53. The van der Waals surface area contributed by atoms with Crippen LogP contribution in [0, 0.1) is 0 Å². The molecule has 0 bridgehead atoms. The molecule has 1 fully saturated rings. The second kappa shape index (κ2) is 6.49. The third-order valence-electron chi connectivity index (χ3n) is 2.84. The highest BCUT2D eigenvalue weighted by Gasteiger charge is 2.30. The molecule has 1 N–H and O–H groups in total. The predicted molar refractivity (Wildman–Crippen MR) is 72.8 cm³/mol. The molecule has 0 spiro atoms. The molecule has 1 rings (SSSR count). The van der Waals surface area contributed by atoms with Crippen molar-refractivity contribution in [1.82, 2.24) is 9.03 Å². The SMILES string of the molecule is CCS(=O)(=O)NCCS(=O)(=O)N1CC(C)OC(C)C1. The number of hydrogen-bond acceptors (Lipinski definition) is 5.